The van der Waals surface area contributed by atoms with Gasteiger partial charge in [0.25, 0.3) is 5.91 Å². The van der Waals surface area contributed by atoms with Crippen LogP contribution in [0.15, 0.2) is 53.3 Å². The third kappa shape index (κ3) is 3.46. The Morgan fingerprint density at radius 1 is 1.19 bits per heavy atom. The number of rotatable bonds is 4. The summed E-state index contributed by atoms with van der Waals surface area (Å²) in [6, 6.07) is 9.17. The highest BCUT2D eigenvalue weighted by molar-refractivity contribution is 6.30. The molecule has 1 saturated heterocycles. The van der Waals surface area contributed by atoms with E-state index in [1.54, 1.807) is 17.2 Å². The lowest BCUT2D eigenvalue weighted by molar-refractivity contribution is 0.0714. The van der Waals surface area contributed by atoms with Crippen LogP contribution in [-0.4, -0.2) is 32.5 Å². The molecule has 26 heavy (non-hydrogen) atoms. The first-order valence-electron chi connectivity index (χ1n) is 8.47. The van der Waals surface area contributed by atoms with E-state index >= 15 is 0 Å². The first kappa shape index (κ1) is 16.7. The molecule has 1 amide bonds. The summed E-state index contributed by atoms with van der Waals surface area (Å²) in [5.74, 6) is 1.29. The maximum atomic E-state index is 12.7. The largest absolute Gasteiger partial charge is 0.443 e. The lowest BCUT2D eigenvalue weighted by Gasteiger charge is -2.22. The van der Waals surface area contributed by atoms with Crippen LogP contribution in [0, 0.1) is 0 Å². The van der Waals surface area contributed by atoms with Crippen LogP contribution in [0.25, 0.3) is 0 Å². The minimum Gasteiger partial charge on any atom is -0.443 e. The number of hydrogen-bond donors (Lipinski definition) is 0. The summed E-state index contributed by atoms with van der Waals surface area (Å²) >= 11 is 5.92. The average molecular weight is 369 g/mol. The minimum absolute atomic E-state index is 0.0696. The minimum atomic E-state index is -0.144. The van der Waals surface area contributed by atoms with Gasteiger partial charge in [0.05, 0.1) is 24.2 Å². The number of halogens is 1. The highest BCUT2D eigenvalue weighted by Gasteiger charge is 2.33. The van der Waals surface area contributed by atoms with E-state index in [1.807, 2.05) is 24.3 Å². The molecule has 7 heteroatoms. The molecule has 6 nitrogen and oxygen atoms in total. The van der Waals surface area contributed by atoms with Crippen LogP contribution < -0.4 is 0 Å². The SMILES string of the molecule is O=C(c1ccnnc1)N1CCCC1c1ncc(Cc2ccc(Cl)cc2)o1. The normalized spacial score (nSPS) is 16.8. The van der Waals surface area contributed by atoms with Crippen molar-refractivity contribution >= 4 is 17.5 Å². The molecule has 0 bridgehead atoms. The summed E-state index contributed by atoms with van der Waals surface area (Å²) in [5.41, 5.74) is 1.62. The van der Waals surface area contributed by atoms with Gasteiger partial charge in [-0.1, -0.05) is 23.7 Å². The molecule has 1 fully saturated rings. The number of benzene rings is 1. The maximum Gasteiger partial charge on any atom is 0.256 e. The van der Waals surface area contributed by atoms with E-state index in [4.69, 9.17) is 16.0 Å². The fourth-order valence-corrected chi connectivity index (χ4v) is 3.34. The van der Waals surface area contributed by atoms with Gasteiger partial charge in [0.15, 0.2) is 0 Å². The highest BCUT2D eigenvalue weighted by atomic mass is 35.5. The lowest BCUT2D eigenvalue weighted by atomic mass is 10.1. The molecular weight excluding hydrogens is 352 g/mol. The van der Waals surface area contributed by atoms with Crippen LogP contribution in [0.4, 0.5) is 0 Å². The van der Waals surface area contributed by atoms with Crippen molar-refractivity contribution in [2.45, 2.75) is 25.3 Å². The van der Waals surface area contributed by atoms with E-state index in [9.17, 15) is 4.79 Å². The second kappa shape index (κ2) is 7.25. The number of likely N-dealkylation sites (tertiary alicyclic amines) is 1. The zero-order valence-corrected chi connectivity index (χ0v) is 14.8. The molecule has 3 aromatic rings. The van der Waals surface area contributed by atoms with Gasteiger partial charge in [0.2, 0.25) is 5.89 Å². The van der Waals surface area contributed by atoms with E-state index < -0.39 is 0 Å². The fraction of sp³-hybridized carbons (Fsp3) is 0.263. The monoisotopic (exact) mass is 368 g/mol. The van der Waals surface area contributed by atoms with Crippen LogP contribution >= 0.6 is 11.6 Å². The van der Waals surface area contributed by atoms with Crippen LogP contribution in [-0.2, 0) is 6.42 Å². The van der Waals surface area contributed by atoms with Crippen molar-refractivity contribution in [3.05, 3.63) is 76.7 Å². The quantitative estimate of drug-likeness (QED) is 0.702. The van der Waals surface area contributed by atoms with Crippen molar-refractivity contribution in [3.63, 3.8) is 0 Å². The van der Waals surface area contributed by atoms with Crippen molar-refractivity contribution in [3.8, 4) is 0 Å². The standard InChI is InChI=1S/C19H17ClN4O2/c20-15-5-3-13(4-6-15)10-16-12-21-18(26-16)17-2-1-9-24(17)19(25)14-7-8-22-23-11-14/h3-8,11-12,17H,1-2,9-10H2. The van der Waals surface area contributed by atoms with Crippen molar-refractivity contribution in [2.24, 2.45) is 0 Å². The van der Waals surface area contributed by atoms with Gasteiger partial charge < -0.3 is 9.32 Å². The van der Waals surface area contributed by atoms with Gasteiger partial charge in [-0.2, -0.15) is 10.2 Å². The summed E-state index contributed by atoms with van der Waals surface area (Å²) in [5, 5.41) is 8.21. The Morgan fingerprint density at radius 3 is 2.81 bits per heavy atom. The summed E-state index contributed by atoms with van der Waals surface area (Å²) < 4.78 is 5.95. The van der Waals surface area contributed by atoms with E-state index in [0.717, 1.165) is 24.2 Å². The zero-order valence-electron chi connectivity index (χ0n) is 14.0. The smallest absolute Gasteiger partial charge is 0.256 e. The van der Waals surface area contributed by atoms with Gasteiger partial charge in [-0.15, -0.1) is 0 Å². The van der Waals surface area contributed by atoms with Crippen molar-refractivity contribution in [1.29, 1.82) is 0 Å². The Labute approximate surface area is 155 Å². The number of carbonyl (C=O) groups excluding carboxylic acids is 1. The lowest BCUT2D eigenvalue weighted by Crippen LogP contribution is -2.30. The van der Waals surface area contributed by atoms with Gasteiger partial charge in [0, 0.05) is 18.0 Å². The molecule has 0 spiro atoms. The van der Waals surface area contributed by atoms with Crippen molar-refractivity contribution < 1.29 is 9.21 Å². The van der Waals surface area contributed by atoms with Gasteiger partial charge in [-0.25, -0.2) is 4.98 Å². The molecule has 1 unspecified atom stereocenters. The third-order valence-electron chi connectivity index (χ3n) is 4.49. The van der Waals surface area contributed by atoms with Crippen molar-refractivity contribution in [2.75, 3.05) is 6.54 Å². The summed E-state index contributed by atoms with van der Waals surface area (Å²) in [6.45, 7) is 0.681. The number of amides is 1. The summed E-state index contributed by atoms with van der Waals surface area (Å²) in [6.07, 6.45) is 7.14. The first-order chi connectivity index (χ1) is 12.7. The Morgan fingerprint density at radius 2 is 2.04 bits per heavy atom. The molecule has 3 heterocycles. The van der Waals surface area contributed by atoms with Crippen LogP contribution in [0.2, 0.25) is 5.02 Å². The fourth-order valence-electron chi connectivity index (χ4n) is 3.21. The molecule has 2 aromatic heterocycles. The van der Waals surface area contributed by atoms with E-state index in [1.165, 1.54) is 12.4 Å². The van der Waals surface area contributed by atoms with Crippen LogP contribution in [0.5, 0.6) is 0 Å². The van der Waals surface area contributed by atoms with Crippen molar-refractivity contribution in [1.82, 2.24) is 20.1 Å². The second-order valence-corrected chi connectivity index (χ2v) is 6.69. The Bertz CT molecular complexity index is 895. The molecule has 0 radical (unpaired) electrons. The van der Waals surface area contributed by atoms with Gasteiger partial charge in [0.1, 0.15) is 11.8 Å². The average Bonchev–Trinajstić information content (AvgIpc) is 3.33. The Balaban J connectivity index is 1.51. The van der Waals surface area contributed by atoms with Crippen LogP contribution in [0.3, 0.4) is 0 Å². The molecule has 1 aromatic carbocycles. The Hall–Kier alpha value is -2.73. The maximum absolute atomic E-state index is 12.7. The molecule has 1 atom stereocenters. The molecule has 4 rings (SSSR count). The summed E-state index contributed by atoms with van der Waals surface area (Å²) in [7, 11) is 0. The molecule has 0 aliphatic carbocycles. The number of oxazole rings is 1. The predicted molar refractivity (Wildman–Crippen MR) is 95.8 cm³/mol. The molecule has 132 valence electrons. The molecule has 0 N–H and O–H groups in total. The molecule has 1 aliphatic rings. The third-order valence-corrected chi connectivity index (χ3v) is 4.74. The zero-order chi connectivity index (χ0) is 17.9. The number of carbonyl (C=O) groups is 1. The predicted octanol–water partition coefficient (Wildman–Crippen LogP) is 3.69. The first-order valence-corrected chi connectivity index (χ1v) is 8.85. The summed E-state index contributed by atoms with van der Waals surface area (Å²) in [4.78, 5) is 19.0. The van der Waals surface area contributed by atoms with Gasteiger partial charge in [-0.05, 0) is 36.6 Å². The van der Waals surface area contributed by atoms with E-state index in [-0.39, 0.29) is 11.9 Å². The highest BCUT2D eigenvalue weighted by Crippen LogP contribution is 2.33. The van der Waals surface area contributed by atoms with Gasteiger partial charge >= 0.3 is 0 Å². The number of aromatic nitrogens is 3. The molecule has 0 saturated carbocycles. The number of nitrogens with zero attached hydrogens (tertiary/aromatic N) is 4. The van der Waals surface area contributed by atoms with E-state index in [0.29, 0.717) is 29.4 Å². The van der Waals surface area contributed by atoms with Gasteiger partial charge in [-0.3, -0.25) is 4.79 Å². The molecular formula is C19H17ClN4O2. The van der Waals surface area contributed by atoms with Crippen LogP contribution in [0.1, 0.15) is 46.5 Å². The Kier molecular flexibility index (Phi) is 4.67. The number of hydrogen-bond acceptors (Lipinski definition) is 5. The van der Waals surface area contributed by atoms with E-state index in [2.05, 4.69) is 15.2 Å². The topological polar surface area (TPSA) is 72.1 Å². The second-order valence-electron chi connectivity index (χ2n) is 6.26. The molecule has 1 aliphatic heterocycles.